The third kappa shape index (κ3) is 1.72. The maximum absolute atomic E-state index is 11.6. The van der Waals surface area contributed by atoms with E-state index in [1.54, 1.807) is 19.2 Å². The summed E-state index contributed by atoms with van der Waals surface area (Å²) in [6, 6.07) is 3.49. The Morgan fingerprint density at radius 1 is 1.33 bits per heavy atom. The third-order valence-corrected chi connectivity index (χ3v) is 3.63. The number of nitrogens with zero attached hydrogens (tertiary/aromatic N) is 3. The van der Waals surface area contributed by atoms with E-state index in [1.165, 1.54) is 16.2 Å². The van der Waals surface area contributed by atoms with Crippen LogP contribution in [0.4, 0.5) is 5.13 Å². The number of ketones is 1. The van der Waals surface area contributed by atoms with Crippen LogP contribution in [0, 0.1) is 0 Å². The van der Waals surface area contributed by atoms with Crippen molar-refractivity contribution in [2.24, 2.45) is 0 Å². The molecule has 1 saturated heterocycles. The van der Waals surface area contributed by atoms with Crippen LogP contribution in [0.2, 0.25) is 0 Å². The number of rotatable bonds is 2. The normalized spacial score (nSPS) is 15.7. The van der Waals surface area contributed by atoms with Crippen molar-refractivity contribution < 1.29 is 14.3 Å². The monoisotopic (exact) mass is 263 g/mol. The van der Waals surface area contributed by atoms with Gasteiger partial charge in [0.25, 0.3) is 0 Å². The summed E-state index contributed by atoms with van der Waals surface area (Å²) >= 11 is 1.28. The van der Waals surface area contributed by atoms with Crippen molar-refractivity contribution in [3.63, 3.8) is 0 Å². The average Bonchev–Trinajstić information content (AvgIpc) is 2.90. The Morgan fingerprint density at radius 3 is 2.83 bits per heavy atom. The molecule has 0 bridgehead atoms. The molecule has 1 aliphatic heterocycles. The van der Waals surface area contributed by atoms with Gasteiger partial charge >= 0.3 is 0 Å². The van der Waals surface area contributed by atoms with Gasteiger partial charge < -0.3 is 4.74 Å². The number of aromatic nitrogens is 2. The quantitative estimate of drug-likeness (QED) is 0.756. The number of Topliss-reactive ketones (excluding diaryl/α,β-unsaturated/α-hetero) is 1. The van der Waals surface area contributed by atoms with Gasteiger partial charge in [-0.2, -0.15) is 0 Å². The lowest BCUT2D eigenvalue weighted by Crippen LogP contribution is -2.24. The van der Waals surface area contributed by atoms with Crippen molar-refractivity contribution in [1.29, 1.82) is 0 Å². The summed E-state index contributed by atoms with van der Waals surface area (Å²) in [6.07, 6.45) is -0.0350. The van der Waals surface area contributed by atoms with Crippen molar-refractivity contribution in [3.8, 4) is 5.88 Å². The molecule has 0 saturated carbocycles. The first-order valence-corrected chi connectivity index (χ1v) is 6.12. The van der Waals surface area contributed by atoms with Gasteiger partial charge in [0, 0.05) is 6.07 Å². The lowest BCUT2D eigenvalue weighted by molar-refractivity contribution is -0.121. The Labute approximate surface area is 106 Å². The van der Waals surface area contributed by atoms with Gasteiger partial charge in [-0.3, -0.25) is 14.5 Å². The van der Waals surface area contributed by atoms with Crippen LogP contribution in [0.3, 0.4) is 0 Å². The van der Waals surface area contributed by atoms with Crippen LogP contribution < -0.4 is 9.64 Å². The van der Waals surface area contributed by atoms with Gasteiger partial charge in [0.1, 0.15) is 10.3 Å². The summed E-state index contributed by atoms with van der Waals surface area (Å²) in [4.78, 5) is 33.5. The lowest BCUT2D eigenvalue weighted by Gasteiger charge is -2.08. The van der Waals surface area contributed by atoms with Crippen LogP contribution in [-0.4, -0.2) is 35.3 Å². The van der Waals surface area contributed by atoms with Crippen molar-refractivity contribution in [3.05, 3.63) is 12.1 Å². The molecule has 7 heteroatoms. The Hall–Kier alpha value is -2.02. The first-order chi connectivity index (χ1) is 8.67. The summed E-state index contributed by atoms with van der Waals surface area (Å²) in [5.41, 5.74) is 0.697. The standard InChI is InChI=1S/C11H9N3O3S/c1-17-8-3-2-7-10(13-8)18-11(12-7)14-5-6(15)4-9(14)16/h2-3H,4-5H2,1H3. The molecular formula is C11H9N3O3S. The molecule has 0 N–H and O–H groups in total. The van der Waals surface area contributed by atoms with Crippen LogP contribution >= 0.6 is 11.3 Å². The fraction of sp³-hybridized carbons (Fsp3) is 0.273. The Kier molecular flexibility index (Phi) is 2.48. The van der Waals surface area contributed by atoms with Gasteiger partial charge in [-0.05, 0) is 6.07 Å². The van der Waals surface area contributed by atoms with Gasteiger partial charge in [-0.1, -0.05) is 11.3 Å². The van der Waals surface area contributed by atoms with E-state index in [0.717, 1.165) is 0 Å². The molecule has 0 atom stereocenters. The van der Waals surface area contributed by atoms with Gasteiger partial charge in [0.05, 0.1) is 20.1 Å². The van der Waals surface area contributed by atoms with E-state index in [4.69, 9.17) is 4.74 Å². The number of hydrogen-bond acceptors (Lipinski definition) is 6. The molecule has 3 rings (SSSR count). The Balaban J connectivity index is 2.03. The van der Waals surface area contributed by atoms with Crippen LogP contribution in [0.5, 0.6) is 5.88 Å². The zero-order valence-electron chi connectivity index (χ0n) is 9.54. The molecule has 0 unspecified atom stereocenters. The summed E-state index contributed by atoms with van der Waals surface area (Å²) in [7, 11) is 1.54. The first kappa shape index (κ1) is 11.1. The van der Waals surface area contributed by atoms with Crippen LogP contribution in [0.15, 0.2) is 12.1 Å². The molecule has 18 heavy (non-hydrogen) atoms. The van der Waals surface area contributed by atoms with Gasteiger partial charge in [-0.25, -0.2) is 9.97 Å². The summed E-state index contributed by atoms with van der Waals surface area (Å²) in [5, 5.41) is 0.515. The highest BCUT2D eigenvalue weighted by molar-refractivity contribution is 7.22. The molecular weight excluding hydrogens is 254 g/mol. The van der Waals surface area contributed by atoms with Crippen LogP contribution in [-0.2, 0) is 9.59 Å². The van der Waals surface area contributed by atoms with Gasteiger partial charge in [0.15, 0.2) is 10.9 Å². The minimum Gasteiger partial charge on any atom is -0.481 e. The molecule has 3 heterocycles. The molecule has 0 aromatic carbocycles. The topological polar surface area (TPSA) is 72.4 Å². The highest BCUT2D eigenvalue weighted by atomic mass is 32.1. The van der Waals surface area contributed by atoms with E-state index >= 15 is 0 Å². The number of methoxy groups -OCH3 is 1. The van der Waals surface area contributed by atoms with E-state index in [0.29, 0.717) is 21.4 Å². The van der Waals surface area contributed by atoms with E-state index in [9.17, 15) is 9.59 Å². The molecule has 0 radical (unpaired) electrons. The second-order valence-electron chi connectivity index (χ2n) is 3.87. The SMILES string of the molecule is COc1ccc2nc(N3CC(=O)CC3=O)sc2n1. The van der Waals surface area contributed by atoms with E-state index in [-0.39, 0.29) is 24.7 Å². The fourth-order valence-corrected chi connectivity index (χ4v) is 2.72. The number of thiazole rings is 1. The number of pyridine rings is 1. The minimum absolute atomic E-state index is 0.0350. The maximum atomic E-state index is 11.6. The molecule has 2 aromatic rings. The summed E-state index contributed by atoms with van der Waals surface area (Å²) < 4.78 is 5.03. The number of amides is 1. The zero-order valence-corrected chi connectivity index (χ0v) is 10.4. The molecule has 1 amide bonds. The first-order valence-electron chi connectivity index (χ1n) is 5.31. The van der Waals surface area contributed by atoms with Crippen LogP contribution in [0.25, 0.3) is 10.3 Å². The molecule has 92 valence electrons. The van der Waals surface area contributed by atoms with E-state index in [2.05, 4.69) is 9.97 Å². The van der Waals surface area contributed by atoms with E-state index < -0.39 is 0 Å². The molecule has 2 aromatic heterocycles. The fourth-order valence-electron chi connectivity index (χ4n) is 1.78. The van der Waals surface area contributed by atoms with Crippen LogP contribution in [0.1, 0.15) is 6.42 Å². The molecule has 1 aliphatic rings. The van der Waals surface area contributed by atoms with Crippen molar-refractivity contribution in [2.75, 3.05) is 18.6 Å². The predicted octanol–water partition coefficient (Wildman–Crippen LogP) is 1.01. The predicted molar refractivity (Wildman–Crippen MR) is 65.9 cm³/mol. The zero-order chi connectivity index (χ0) is 12.7. The Morgan fingerprint density at radius 2 is 2.17 bits per heavy atom. The largest absolute Gasteiger partial charge is 0.481 e. The maximum Gasteiger partial charge on any atom is 0.236 e. The molecule has 6 nitrogen and oxygen atoms in total. The summed E-state index contributed by atoms with van der Waals surface area (Å²) in [5.74, 6) is 0.220. The highest BCUT2D eigenvalue weighted by Gasteiger charge is 2.30. The van der Waals surface area contributed by atoms with Crippen molar-refractivity contribution in [2.45, 2.75) is 6.42 Å². The number of carbonyl (C=O) groups is 2. The van der Waals surface area contributed by atoms with Gasteiger partial charge in [0.2, 0.25) is 11.8 Å². The number of anilines is 1. The number of ether oxygens (including phenoxy) is 1. The minimum atomic E-state index is -0.203. The van der Waals surface area contributed by atoms with Gasteiger partial charge in [-0.15, -0.1) is 0 Å². The second-order valence-corrected chi connectivity index (χ2v) is 4.83. The van der Waals surface area contributed by atoms with E-state index in [1.807, 2.05) is 0 Å². The van der Waals surface area contributed by atoms with Crippen molar-refractivity contribution in [1.82, 2.24) is 9.97 Å². The Bertz CT molecular complexity index is 652. The summed E-state index contributed by atoms with van der Waals surface area (Å²) in [6.45, 7) is 0.107. The lowest BCUT2D eigenvalue weighted by atomic mass is 10.3. The number of hydrogen-bond donors (Lipinski definition) is 0. The number of carbonyl (C=O) groups excluding carboxylic acids is 2. The average molecular weight is 263 g/mol. The van der Waals surface area contributed by atoms with Crippen molar-refractivity contribution >= 4 is 38.5 Å². The molecule has 0 aliphatic carbocycles. The third-order valence-electron chi connectivity index (χ3n) is 2.64. The molecule has 1 fully saturated rings. The second kappa shape index (κ2) is 4.02. The molecule has 0 spiro atoms. The number of fused-ring (bicyclic) bond motifs is 1. The highest BCUT2D eigenvalue weighted by Crippen LogP contribution is 2.30. The smallest absolute Gasteiger partial charge is 0.236 e.